The average Bonchev–Trinajstić information content (AvgIpc) is 3.14. The minimum absolute atomic E-state index is 0.226. The Kier molecular flexibility index (Phi) is 5.53. The molecule has 1 aromatic carbocycles. The van der Waals surface area contributed by atoms with Crippen LogP contribution >= 0.6 is 0 Å². The van der Waals surface area contributed by atoms with Crippen LogP contribution in [0.4, 0.5) is 5.69 Å². The highest BCUT2D eigenvalue weighted by molar-refractivity contribution is 6.03. The normalized spacial score (nSPS) is 14.7. The van der Waals surface area contributed by atoms with E-state index in [0.29, 0.717) is 6.54 Å². The van der Waals surface area contributed by atoms with Gasteiger partial charge in [-0.3, -0.25) is 9.59 Å². The van der Waals surface area contributed by atoms with Crippen molar-refractivity contribution in [1.82, 2.24) is 24.9 Å². The number of piperidine rings is 1. The van der Waals surface area contributed by atoms with Gasteiger partial charge in [-0.25, -0.2) is 4.68 Å². The Bertz CT molecular complexity index is 1050. The van der Waals surface area contributed by atoms with Gasteiger partial charge in [0.25, 0.3) is 11.5 Å². The molecule has 4 rings (SSSR count). The molecule has 0 spiro atoms. The fraction of sp³-hybridized carbons (Fsp3) is 0.333. The first kappa shape index (κ1) is 19.1. The van der Waals surface area contributed by atoms with Gasteiger partial charge in [0.2, 0.25) is 0 Å². The maximum atomic E-state index is 12.8. The van der Waals surface area contributed by atoms with E-state index in [1.54, 1.807) is 22.9 Å². The molecule has 1 saturated heterocycles. The lowest BCUT2D eigenvalue weighted by atomic mass is 10.1. The number of benzene rings is 1. The molecule has 0 aliphatic carbocycles. The van der Waals surface area contributed by atoms with E-state index in [9.17, 15) is 9.59 Å². The van der Waals surface area contributed by atoms with Crippen LogP contribution in [0.15, 0.2) is 53.5 Å². The Hall–Kier alpha value is -3.26. The van der Waals surface area contributed by atoms with Crippen molar-refractivity contribution in [3.63, 3.8) is 0 Å². The molecule has 2 aromatic heterocycles. The summed E-state index contributed by atoms with van der Waals surface area (Å²) in [6.45, 7) is 4.14. The lowest BCUT2D eigenvalue weighted by Crippen LogP contribution is -2.30. The maximum absolute atomic E-state index is 12.8. The first-order chi connectivity index (χ1) is 14.1. The second kappa shape index (κ2) is 8.40. The van der Waals surface area contributed by atoms with Gasteiger partial charge in [-0.05, 0) is 50.6 Å². The fourth-order valence-electron chi connectivity index (χ4n) is 3.67. The molecular weight excluding hydrogens is 368 g/mol. The number of nitrogens with one attached hydrogen (secondary N) is 2. The number of pyridine rings is 1. The Balaban J connectivity index is 1.52. The lowest BCUT2D eigenvalue weighted by molar-refractivity contribution is 0.102. The molecule has 1 fully saturated rings. The van der Waals surface area contributed by atoms with E-state index in [2.05, 4.69) is 20.9 Å². The summed E-state index contributed by atoms with van der Waals surface area (Å²) in [6, 6.07) is 13.3. The van der Waals surface area contributed by atoms with Crippen LogP contribution in [0.1, 0.15) is 40.6 Å². The minimum Gasteiger partial charge on any atom is -0.317 e. The predicted octanol–water partition coefficient (Wildman–Crippen LogP) is 1.97. The van der Waals surface area contributed by atoms with E-state index in [0.717, 1.165) is 37.2 Å². The summed E-state index contributed by atoms with van der Waals surface area (Å²) in [5.41, 5.74) is 1.95. The summed E-state index contributed by atoms with van der Waals surface area (Å²) in [4.78, 5) is 25.5. The summed E-state index contributed by atoms with van der Waals surface area (Å²) in [5, 5.41) is 14.3. The number of rotatable bonds is 5. The summed E-state index contributed by atoms with van der Waals surface area (Å²) in [5.74, 6) is -0.419. The van der Waals surface area contributed by atoms with E-state index < -0.39 is 5.91 Å². The molecule has 8 heteroatoms. The highest BCUT2D eigenvalue weighted by Crippen LogP contribution is 2.20. The van der Waals surface area contributed by atoms with Crippen molar-refractivity contribution in [3.05, 3.63) is 76.0 Å². The van der Waals surface area contributed by atoms with E-state index in [-0.39, 0.29) is 23.0 Å². The molecule has 0 unspecified atom stereocenters. The van der Waals surface area contributed by atoms with Crippen molar-refractivity contribution < 1.29 is 4.79 Å². The Labute approximate surface area is 168 Å². The van der Waals surface area contributed by atoms with Crippen LogP contribution in [-0.4, -0.2) is 38.6 Å². The Morgan fingerprint density at radius 3 is 2.69 bits per heavy atom. The zero-order chi connectivity index (χ0) is 20.2. The second-order valence-corrected chi connectivity index (χ2v) is 7.24. The van der Waals surface area contributed by atoms with Crippen molar-refractivity contribution in [2.24, 2.45) is 0 Å². The average molecular weight is 392 g/mol. The number of nitrogens with zero attached hydrogens (tertiary/aromatic N) is 4. The zero-order valence-electron chi connectivity index (χ0n) is 16.3. The Morgan fingerprint density at radius 1 is 1.17 bits per heavy atom. The first-order valence-corrected chi connectivity index (χ1v) is 9.80. The second-order valence-electron chi connectivity index (χ2n) is 7.24. The number of anilines is 1. The molecule has 2 N–H and O–H groups in total. The van der Waals surface area contributed by atoms with Crippen molar-refractivity contribution in [3.8, 4) is 0 Å². The molecule has 3 heterocycles. The van der Waals surface area contributed by atoms with Gasteiger partial charge in [-0.1, -0.05) is 35.5 Å². The van der Waals surface area contributed by atoms with Crippen LogP contribution < -0.4 is 16.2 Å². The highest BCUT2D eigenvalue weighted by Gasteiger charge is 2.23. The molecule has 8 nitrogen and oxygen atoms in total. The topological polar surface area (TPSA) is 93.8 Å². The number of carbonyl (C=O) groups is 1. The van der Waals surface area contributed by atoms with Crippen LogP contribution in [0, 0.1) is 6.92 Å². The first-order valence-electron chi connectivity index (χ1n) is 9.80. The molecule has 1 amide bonds. The third-order valence-electron chi connectivity index (χ3n) is 5.26. The summed E-state index contributed by atoms with van der Waals surface area (Å²) < 4.78 is 3.40. The third kappa shape index (κ3) is 4.12. The molecule has 3 aromatic rings. The fourth-order valence-corrected chi connectivity index (χ4v) is 3.67. The van der Waals surface area contributed by atoms with E-state index in [1.807, 2.05) is 41.9 Å². The van der Waals surface area contributed by atoms with E-state index in [4.69, 9.17) is 0 Å². The molecule has 0 saturated carbocycles. The van der Waals surface area contributed by atoms with Gasteiger partial charge < -0.3 is 15.2 Å². The molecule has 1 aliphatic heterocycles. The van der Waals surface area contributed by atoms with E-state index >= 15 is 0 Å². The van der Waals surface area contributed by atoms with Crippen LogP contribution in [0.3, 0.4) is 0 Å². The smallest absolute Gasteiger partial charge is 0.278 e. The highest BCUT2D eigenvalue weighted by atomic mass is 16.2. The predicted molar refractivity (Wildman–Crippen MR) is 110 cm³/mol. The van der Waals surface area contributed by atoms with Crippen molar-refractivity contribution >= 4 is 11.6 Å². The van der Waals surface area contributed by atoms with Gasteiger partial charge in [0.05, 0.1) is 18.3 Å². The summed E-state index contributed by atoms with van der Waals surface area (Å²) >= 11 is 0. The van der Waals surface area contributed by atoms with Crippen molar-refractivity contribution in [1.29, 1.82) is 0 Å². The van der Waals surface area contributed by atoms with Gasteiger partial charge >= 0.3 is 0 Å². The maximum Gasteiger partial charge on any atom is 0.278 e. The number of carbonyl (C=O) groups excluding carboxylic acids is 1. The van der Waals surface area contributed by atoms with Gasteiger partial charge in [-0.15, -0.1) is 5.10 Å². The third-order valence-corrected chi connectivity index (χ3v) is 5.26. The summed E-state index contributed by atoms with van der Waals surface area (Å²) in [6.07, 6.45) is 3.62. The molecule has 29 heavy (non-hydrogen) atoms. The van der Waals surface area contributed by atoms with Crippen molar-refractivity contribution in [2.75, 3.05) is 18.4 Å². The van der Waals surface area contributed by atoms with Gasteiger partial charge in [0, 0.05) is 6.20 Å². The number of hydrogen-bond acceptors (Lipinski definition) is 5. The summed E-state index contributed by atoms with van der Waals surface area (Å²) in [7, 11) is 0. The van der Waals surface area contributed by atoms with Crippen LogP contribution in [0.25, 0.3) is 0 Å². The standard InChI is InChI=1S/C21H24N6O2/c1-15-19(24-25-27(15)17-9-11-22-12-10-17)20(28)23-18-8-5-13-26(21(18)29)14-16-6-3-2-4-7-16/h2-8,13,17,22H,9-12,14H2,1H3,(H,23,28). The number of aromatic nitrogens is 4. The molecule has 0 bridgehead atoms. The van der Waals surface area contributed by atoms with Gasteiger partial charge in [0.15, 0.2) is 5.69 Å². The number of amides is 1. The monoisotopic (exact) mass is 392 g/mol. The quantitative estimate of drug-likeness (QED) is 0.692. The molecule has 1 aliphatic rings. The van der Waals surface area contributed by atoms with Crippen LogP contribution in [-0.2, 0) is 6.54 Å². The van der Waals surface area contributed by atoms with Gasteiger partial charge in [0.1, 0.15) is 5.69 Å². The molecule has 0 atom stereocenters. The lowest BCUT2D eigenvalue weighted by Gasteiger charge is -2.23. The minimum atomic E-state index is -0.419. The largest absolute Gasteiger partial charge is 0.317 e. The zero-order valence-corrected chi connectivity index (χ0v) is 16.3. The Morgan fingerprint density at radius 2 is 1.93 bits per heavy atom. The SMILES string of the molecule is Cc1c(C(=O)Nc2cccn(Cc3ccccc3)c2=O)nnn1C1CCNCC1. The van der Waals surface area contributed by atoms with Crippen molar-refractivity contribution in [2.45, 2.75) is 32.4 Å². The van der Waals surface area contributed by atoms with Gasteiger partial charge in [-0.2, -0.15) is 0 Å². The molecular formula is C21H24N6O2. The molecule has 0 radical (unpaired) electrons. The van der Waals surface area contributed by atoms with Crippen LogP contribution in [0.2, 0.25) is 0 Å². The van der Waals surface area contributed by atoms with Crippen LogP contribution in [0.5, 0.6) is 0 Å². The number of hydrogen-bond donors (Lipinski definition) is 2. The van der Waals surface area contributed by atoms with E-state index in [1.165, 1.54) is 0 Å². The molecule has 150 valence electrons.